The molecule has 12 nitrogen and oxygen atoms in total. The Morgan fingerprint density at radius 2 is 0.867 bits per heavy atom. The molecule has 2 unspecified atom stereocenters. The predicted molar refractivity (Wildman–Crippen MR) is 169 cm³/mol. The summed E-state index contributed by atoms with van der Waals surface area (Å²) in [4.78, 5) is 66.1. The summed E-state index contributed by atoms with van der Waals surface area (Å²) in [5.74, 6) is -1.22. The van der Waals surface area contributed by atoms with E-state index in [4.69, 9.17) is 28.4 Å². The van der Waals surface area contributed by atoms with Gasteiger partial charge in [0.2, 0.25) is 0 Å². The lowest BCUT2D eigenvalue weighted by Crippen LogP contribution is -2.22. The van der Waals surface area contributed by atoms with Crippen molar-refractivity contribution in [2.24, 2.45) is 11.8 Å². The molecule has 0 fully saturated rings. The number of rotatable bonds is 21. The Morgan fingerprint density at radius 3 is 1.27 bits per heavy atom. The first-order valence-corrected chi connectivity index (χ1v) is 16.3. The third-order valence-corrected chi connectivity index (χ3v) is 5.42. The van der Waals surface area contributed by atoms with E-state index in [-0.39, 0.29) is 80.9 Å². The summed E-state index contributed by atoms with van der Waals surface area (Å²) in [5.41, 5.74) is 0. The van der Waals surface area contributed by atoms with E-state index in [1.807, 2.05) is 55.4 Å². The molecule has 0 saturated carbocycles. The van der Waals surface area contributed by atoms with Crippen LogP contribution in [0, 0.1) is 11.8 Å². The van der Waals surface area contributed by atoms with Gasteiger partial charge in [0.1, 0.15) is 39.1 Å². The zero-order valence-corrected chi connectivity index (χ0v) is 29.2. The standard InChI is InChI=1S/3C11H20O4/c1-4-5-10(12)14-6-7-15-11(13)8-9(2)3;1-4-6-10(12)14-7-8-15-11(13)9(3)5-2;1-4-6-10(12)14-8-9(3)15-11(13)7-5-2/h3*9H,4-8H2,1-3H3. The minimum absolute atomic E-state index is 0.0867. The van der Waals surface area contributed by atoms with E-state index < -0.39 is 0 Å². The van der Waals surface area contributed by atoms with Crippen LogP contribution in [0.1, 0.15) is 127 Å². The molecule has 0 aromatic rings. The van der Waals surface area contributed by atoms with Gasteiger partial charge >= 0.3 is 35.8 Å². The molecule has 0 rings (SSSR count). The van der Waals surface area contributed by atoms with Crippen molar-refractivity contribution in [3.63, 3.8) is 0 Å². The van der Waals surface area contributed by atoms with Gasteiger partial charge in [-0.05, 0) is 44.9 Å². The third kappa shape index (κ3) is 35.2. The second kappa shape index (κ2) is 32.2. The number of hydrogen-bond donors (Lipinski definition) is 0. The van der Waals surface area contributed by atoms with Crippen LogP contribution in [0.5, 0.6) is 0 Å². The second-order valence-corrected chi connectivity index (χ2v) is 10.7. The van der Waals surface area contributed by atoms with Crippen LogP contribution in [0.15, 0.2) is 0 Å². The Balaban J connectivity index is -0.000000588. The van der Waals surface area contributed by atoms with Crippen LogP contribution in [-0.2, 0) is 57.2 Å². The smallest absolute Gasteiger partial charge is 0.308 e. The van der Waals surface area contributed by atoms with E-state index in [9.17, 15) is 28.8 Å². The van der Waals surface area contributed by atoms with Crippen LogP contribution in [0.4, 0.5) is 0 Å². The lowest BCUT2D eigenvalue weighted by atomic mass is 10.1. The average Bonchev–Trinajstić information content (AvgIpc) is 2.97. The minimum Gasteiger partial charge on any atom is -0.462 e. The molecule has 0 aliphatic carbocycles. The fraction of sp³-hybridized carbons (Fsp3) is 0.818. The molecule has 0 N–H and O–H groups in total. The van der Waals surface area contributed by atoms with E-state index in [1.54, 1.807) is 6.92 Å². The highest BCUT2D eigenvalue weighted by Gasteiger charge is 2.12. The van der Waals surface area contributed by atoms with Crippen molar-refractivity contribution >= 4 is 35.8 Å². The molecule has 0 aliphatic rings. The summed E-state index contributed by atoms with van der Waals surface area (Å²) < 4.78 is 29.3. The van der Waals surface area contributed by atoms with Gasteiger partial charge in [0, 0.05) is 32.1 Å². The topological polar surface area (TPSA) is 158 Å². The molecule has 264 valence electrons. The fourth-order valence-corrected chi connectivity index (χ4v) is 2.87. The lowest BCUT2D eigenvalue weighted by Gasteiger charge is -2.13. The van der Waals surface area contributed by atoms with E-state index in [0.717, 1.165) is 32.1 Å². The van der Waals surface area contributed by atoms with Gasteiger partial charge in [-0.15, -0.1) is 0 Å². The normalized spacial score (nSPS) is 11.3. The van der Waals surface area contributed by atoms with Crippen LogP contribution in [-0.4, -0.2) is 75.0 Å². The molecule has 45 heavy (non-hydrogen) atoms. The molecule has 0 amide bonds. The quantitative estimate of drug-likeness (QED) is 0.0825. The van der Waals surface area contributed by atoms with Gasteiger partial charge in [0.05, 0.1) is 5.92 Å². The second-order valence-electron chi connectivity index (χ2n) is 10.7. The maximum absolute atomic E-state index is 11.2. The maximum Gasteiger partial charge on any atom is 0.308 e. The predicted octanol–water partition coefficient (Wildman–Crippen LogP) is 5.90. The molecule has 0 saturated heterocycles. The van der Waals surface area contributed by atoms with E-state index in [1.165, 1.54) is 0 Å². The monoisotopic (exact) mass is 648 g/mol. The van der Waals surface area contributed by atoms with Gasteiger partial charge in [0.25, 0.3) is 0 Å². The Hall–Kier alpha value is -3.18. The van der Waals surface area contributed by atoms with Gasteiger partial charge in [-0.3, -0.25) is 28.8 Å². The fourth-order valence-electron chi connectivity index (χ4n) is 2.87. The highest BCUT2D eigenvalue weighted by Crippen LogP contribution is 2.03. The zero-order chi connectivity index (χ0) is 35.0. The van der Waals surface area contributed by atoms with Crippen LogP contribution in [0.2, 0.25) is 0 Å². The van der Waals surface area contributed by atoms with E-state index >= 15 is 0 Å². The number of ether oxygens (including phenoxy) is 6. The van der Waals surface area contributed by atoms with Gasteiger partial charge in [-0.1, -0.05) is 55.4 Å². The molecule has 12 heteroatoms. The highest BCUT2D eigenvalue weighted by atomic mass is 16.6. The molecule has 0 heterocycles. The zero-order valence-electron chi connectivity index (χ0n) is 29.2. The van der Waals surface area contributed by atoms with Gasteiger partial charge in [-0.2, -0.15) is 0 Å². The molecule has 0 aromatic heterocycles. The Labute approximate surface area is 270 Å². The summed E-state index contributed by atoms with van der Waals surface area (Å²) in [6.45, 7) is 17.7. The summed E-state index contributed by atoms with van der Waals surface area (Å²) >= 11 is 0. The van der Waals surface area contributed by atoms with Gasteiger partial charge in [-0.25, -0.2) is 0 Å². The van der Waals surface area contributed by atoms with Gasteiger partial charge < -0.3 is 28.4 Å². The molecule has 2 atom stereocenters. The number of carbonyl (C=O) groups excluding carboxylic acids is 6. The maximum atomic E-state index is 11.2. The minimum atomic E-state index is -0.357. The van der Waals surface area contributed by atoms with E-state index in [0.29, 0.717) is 38.0 Å². The number of carbonyl (C=O) groups is 6. The first kappa shape index (κ1) is 46.2. The van der Waals surface area contributed by atoms with Crippen LogP contribution < -0.4 is 0 Å². The number of esters is 6. The summed E-state index contributed by atoms with van der Waals surface area (Å²) in [6.07, 6.45) is 5.53. The van der Waals surface area contributed by atoms with Crippen LogP contribution >= 0.6 is 0 Å². The summed E-state index contributed by atoms with van der Waals surface area (Å²) in [6, 6.07) is 0. The van der Waals surface area contributed by atoms with Crippen molar-refractivity contribution < 1.29 is 57.2 Å². The van der Waals surface area contributed by atoms with Crippen molar-refractivity contribution in [2.75, 3.05) is 33.0 Å². The molecular formula is C33H60O12. The Bertz CT molecular complexity index is 808. The molecule has 0 bridgehead atoms. The molecular weight excluding hydrogens is 588 g/mol. The molecule has 0 aromatic carbocycles. The largest absolute Gasteiger partial charge is 0.462 e. The molecule has 0 spiro atoms. The third-order valence-electron chi connectivity index (χ3n) is 5.42. The molecule has 0 radical (unpaired) electrons. The number of hydrogen-bond acceptors (Lipinski definition) is 12. The first-order chi connectivity index (χ1) is 21.3. The average molecular weight is 649 g/mol. The summed E-state index contributed by atoms with van der Waals surface area (Å²) in [7, 11) is 0. The van der Waals surface area contributed by atoms with Crippen molar-refractivity contribution in [3.05, 3.63) is 0 Å². The Kier molecular flexibility index (Phi) is 33.1. The SMILES string of the molecule is CCCC(=O)OCC(C)OC(=O)CCC.CCCC(=O)OCCOC(=O)C(C)CC.CCCC(=O)OCCOC(=O)CC(C)C. The van der Waals surface area contributed by atoms with Crippen LogP contribution in [0.3, 0.4) is 0 Å². The van der Waals surface area contributed by atoms with Gasteiger partial charge in [0.15, 0.2) is 0 Å². The highest BCUT2D eigenvalue weighted by molar-refractivity contribution is 5.72. The lowest BCUT2D eigenvalue weighted by molar-refractivity contribution is -0.158. The van der Waals surface area contributed by atoms with E-state index in [2.05, 4.69) is 0 Å². The summed E-state index contributed by atoms with van der Waals surface area (Å²) in [5, 5.41) is 0. The van der Waals surface area contributed by atoms with Crippen molar-refractivity contribution in [3.8, 4) is 0 Å². The Morgan fingerprint density at radius 1 is 0.489 bits per heavy atom. The van der Waals surface area contributed by atoms with Crippen LogP contribution in [0.25, 0.3) is 0 Å². The van der Waals surface area contributed by atoms with Crippen molar-refractivity contribution in [1.82, 2.24) is 0 Å². The van der Waals surface area contributed by atoms with Crippen molar-refractivity contribution in [2.45, 2.75) is 133 Å². The first-order valence-electron chi connectivity index (χ1n) is 16.3. The van der Waals surface area contributed by atoms with Crippen molar-refractivity contribution in [1.29, 1.82) is 0 Å². The molecule has 0 aliphatic heterocycles.